The number of rotatable bonds is 7. The topological polar surface area (TPSA) is 111 Å². The Morgan fingerprint density at radius 1 is 1.25 bits per heavy atom. The van der Waals surface area contributed by atoms with Crippen LogP contribution in [0, 0.1) is 6.92 Å². The molecule has 1 aliphatic heterocycles. The second kappa shape index (κ2) is 9.45. The first-order valence-electron chi connectivity index (χ1n) is 9.82. The van der Waals surface area contributed by atoms with Crippen LogP contribution >= 0.6 is 22.7 Å². The molecule has 0 spiro atoms. The van der Waals surface area contributed by atoms with Crippen molar-refractivity contribution in [1.29, 1.82) is 0 Å². The van der Waals surface area contributed by atoms with E-state index < -0.39 is 5.91 Å². The second-order valence-electron chi connectivity index (χ2n) is 6.88. The number of esters is 1. The van der Waals surface area contributed by atoms with Gasteiger partial charge in [0.25, 0.3) is 5.91 Å². The van der Waals surface area contributed by atoms with E-state index in [1.165, 1.54) is 27.6 Å². The van der Waals surface area contributed by atoms with Gasteiger partial charge in [0, 0.05) is 16.3 Å². The highest BCUT2D eigenvalue weighted by Gasteiger charge is 2.28. The van der Waals surface area contributed by atoms with Crippen LogP contribution in [0.3, 0.4) is 0 Å². The third-order valence-corrected chi connectivity index (χ3v) is 6.13. The van der Waals surface area contributed by atoms with Gasteiger partial charge in [0.05, 0.1) is 35.1 Å². The van der Waals surface area contributed by atoms with Crippen LogP contribution in [0.15, 0.2) is 29.0 Å². The van der Waals surface area contributed by atoms with Crippen molar-refractivity contribution < 1.29 is 23.9 Å². The summed E-state index contributed by atoms with van der Waals surface area (Å²) in [4.78, 5) is 46.9. The number of ether oxygens (including phenoxy) is 2. The summed E-state index contributed by atoms with van der Waals surface area (Å²) in [6, 6.07) is 5.45. The van der Waals surface area contributed by atoms with E-state index in [0.29, 0.717) is 28.9 Å². The molecular formula is C21H20N4O5S2. The lowest BCUT2D eigenvalue weighted by Gasteiger charge is -2.29. The zero-order valence-corrected chi connectivity index (χ0v) is 19.0. The molecule has 2 aromatic heterocycles. The minimum absolute atomic E-state index is 0.0361. The monoisotopic (exact) mass is 472 g/mol. The molecule has 4 rings (SSSR count). The molecule has 1 aliphatic rings. The number of carbonyl (C=O) groups excluding carboxylic acids is 3. The van der Waals surface area contributed by atoms with Gasteiger partial charge in [-0.3, -0.25) is 19.3 Å². The summed E-state index contributed by atoms with van der Waals surface area (Å²) in [5, 5.41) is 7.60. The fourth-order valence-electron chi connectivity index (χ4n) is 3.14. The number of aryl methyl sites for hydroxylation is 1. The summed E-state index contributed by atoms with van der Waals surface area (Å²) in [7, 11) is 0. The summed E-state index contributed by atoms with van der Waals surface area (Å²) in [5.74, 6) is -0.573. The zero-order valence-electron chi connectivity index (χ0n) is 17.4. The van der Waals surface area contributed by atoms with Gasteiger partial charge in [-0.05, 0) is 32.0 Å². The lowest BCUT2D eigenvalue weighted by Crippen LogP contribution is -2.43. The van der Waals surface area contributed by atoms with E-state index in [-0.39, 0.29) is 31.4 Å². The Morgan fingerprint density at radius 2 is 2.09 bits per heavy atom. The third-order valence-electron chi connectivity index (χ3n) is 4.55. The van der Waals surface area contributed by atoms with Crippen LogP contribution in [0.5, 0.6) is 5.75 Å². The molecule has 0 unspecified atom stereocenters. The summed E-state index contributed by atoms with van der Waals surface area (Å²) in [6.07, 6.45) is 0.0361. The largest absolute Gasteiger partial charge is 0.482 e. The van der Waals surface area contributed by atoms with E-state index in [0.717, 1.165) is 16.3 Å². The molecule has 0 atom stereocenters. The van der Waals surface area contributed by atoms with E-state index >= 15 is 0 Å². The maximum atomic E-state index is 12.6. The molecule has 11 heteroatoms. The summed E-state index contributed by atoms with van der Waals surface area (Å²) < 4.78 is 10.4. The summed E-state index contributed by atoms with van der Waals surface area (Å²) in [5.41, 5.74) is 2.66. The normalized spacial score (nSPS) is 12.8. The molecule has 2 amide bonds. The number of anilines is 2. The van der Waals surface area contributed by atoms with Crippen LogP contribution in [-0.2, 0) is 25.5 Å². The summed E-state index contributed by atoms with van der Waals surface area (Å²) in [6.45, 7) is 3.62. The molecule has 0 saturated carbocycles. The highest BCUT2D eigenvalue weighted by Crippen LogP contribution is 2.36. The SMILES string of the molecule is CCOC(=O)Cc1csc(NC(=O)CN2C(=O)COc3ccc(-c4csc(C)n4)cc32)n1. The predicted molar refractivity (Wildman–Crippen MR) is 121 cm³/mol. The van der Waals surface area contributed by atoms with Gasteiger partial charge >= 0.3 is 5.97 Å². The van der Waals surface area contributed by atoms with Gasteiger partial charge in [-0.25, -0.2) is 9.97 Å². The van der Waals surface area contributed by atoms with Crippen molar-refractivity contribution in [3.05, 3.63) is 39.7 Å². The standard InChI is InChI=1S/C21H20N4O5S2/c1-3-29-20(28)7-14-10-32-21(23-14)24-18(26)8-25-16-6-13(15-11-31-12(2)22-15)4-5-17(16)30-9-19(25)27/h4-6,10-11H,3,7-9H2,1-2H3,(H,23,24,26). The number of nitrogens with one attached hydrogen (secondary N) is 1. The first kappa shape index (κ1) is 21.9. The molecule has 1 N–H and O–H groups in total. The van der Waals surface area contributed by atoms with Crippen molar-refractivity contribution in [2.24, 2.45) is 0 Å². The average Bonchev–Trinajstić information content (AvgIpc) is 3.38. The number of thiazole rings is 2. The van der Waals surface area contributed by atoms with Gasteiger partial charge in [0.2, 0.25) is 5.91 Å². The van der Waals surface area contributed by atoms with Gasteiger partial charge in [-0.2, -0.15) is 0 Å². The van der Waals surface area contributed by atoms with Gasteiger partial charge in [0.1, 0.15) is 12.3 Å². The Hall–Kier alpha value is -3.31. The fraction of sp³-hybridized carbons (Fsp3) is 0.286. The van der Waals surface area contributed by atoms with Crippen molar-refractivity contribution in [2.45, 2.75) is 20.3 Å². The maximum absolute atomic E-state index is 12.6. The number of nitrogens with zero attached hydrogens (tertiary/aromatic N) is 3. The molecule has 0 bridgehead atoms. The number of fused-ring (bicyclic) bond motifs is 1. The van der Waals surface area contributed by atoms with E-state index in [1.54, 1.807) is 24.4 Å². The van der Waals surface area contributed by atoms with Crippen LogP contribution in [0.2, 0.25) is 0 Å². The Labute approximate surface area is 192 Å². The summed E-state index contributed by atoms with van der Waals surface area (Å²) >= 11 is 2.74. The third kappa shape index (κ3) is 4.94. The fourth-order valence-corrected chi connectivity index (χ4v) is 4.49. The molecule has 0 radical (unpaired) electrons. The van der Waals surface area contributed by atoms with Crippen molar-refractivity contribution in [3.8, 4) is 17.0 Å². The zero-order chi connectivity index (χ0) is 22.7. The van der Waals surface area contributed by atoms with Crippen LogP contribution < -0.4 is 15.0 Å². The van der Waals surface area contributed by atoms with E-state index in [1.807, 2.05) is 18.4 Å². The highest BCUT2D eigenvalue weighted by atomic mass is 32.1. The highest BCUT2D eigenvalue weighted by molar-refractivity contribution is 7.14. The number of aromatic nitrogens is 2. The Balaban J connectivity index is 1.47. The Kier molecular flexibility index (Phi) is 6.47. The molecule has 32 heavy (non-hydrogen) atoms. The molecule has 166 valence electrons. The first-order chi connectivity index (χ1) is 15.4. The maximum Gasteiger partial charge on any atom is 0.311 e. The second-order valence-corrected chi connectivity index (χ2v) is 8.80. The molecule has 3 heterocycles. The molecular weight excluding hydrogens is 452 g/mol. The van der Waals surface area contributed by atoms with Crippen LogP contribution in [0.1, 0.15) is 17.6 Å². The van der Waals surface area contributed by atoms with Crippen molar-refractivity contribution in [3.63, 3.8) is 0 Å². The smallest absolute Gasteiger partial charge is 0.311 e. The van der Waals surface area contributed by atoms with E-state index in [9.17, 15) is 14.4 Å². The van der Waals surface area contributed by atoms with Crippen molar-refractivity contribution in [2.75, 3.05) is 30.0 Å². The van der Waals surface area contributed by atoms with E-state index in [2.05, 4.69) is 15.3 Å². The van der Waals surface area contributed by atoms with Crippen LogP contribution in [0.4, 0.5) is 10.8 Å². The lowest BCUT2D eigenvalue weighted by atomic mass is 10.1. The first-order valence-corrected chi connectivity index (χ1v) is 11.6. The average molecular weight is 473 g/mol. The van der Waals surface area contributed by atoms with Gasteiger partial charge in [-0.15, -0.1) is 22.7 Å². The van der Waals surface area contributed by atoms with Crippen molar-refractivity contribution >= 4 is 51.3 Å². The van der Waals surface area contributed by atoms with Gasteiger partial charge < -0.3 is 14.8 Å². The minimum atomic E-state index is -0.404. The lowest BCUT2D eigenvalue weighted by molar-refractivity contribution is -0.142. The minimum Gasteiger partial charge on any atom is -0.482 e. The predicted octanol–water partition coefficient (Wildman–Crippen LogP) is 3.04. The Morgan fingerprint density at radius 3 is 2.84 bits per heavy atom. The molecule has 9 nitrogen and oxygen atoms in total. The van der Waals surface area contributed by atoms with E-state index in [4.69, 9.17) is 9.47 Å². The number of hydrogen-bond acceptors (Lipinski definition) is 9. The number of hydrogen-bond donors (Lipinski definition) is 1. The van der Waals surface area contributed by atoms with Crippen LogP contribution in [0.25, 0.3) is 11.3 Å². The molecule has 1 aromatic carbocycles. The van der Waals surface area contributed by atoms with Crippen molar-refractivity contribution in [1.82, 2.24) is 9.97 Å². The molecule has 0 saturated heterocycles. The molecule has 0 aliphatic carbocycles. The number of amides is 2. The molecule has 3 aromatic rings. The molecule has 0 fully saturated rings. The number of benzene rings is 1. The Bertz CT molecular complexity index is 1170. The quantitative estimate of drug-likeness (QED) is 0.526. The number of carbonyl (C=O) groups is 3. The van der Waals surface area contributed by atoms with Gasteiger partial charge in [0.15, 0.2) is 11.7 Å². The van der Waals surface area contributed by atoms with Gasteiger partial charge in [-0.1, -0.05) is 0 Å². The van der Waals surface area contributed by atoms with Crippen LogP contribution in [-0.4, -0.2) is 47.5 Å².